The molecule has 0 aromatic heterocycles. The Balaban J connectivity index is 2.07. The summed E-state index contributed by atoms with van der Waals surface area (Å²) in [5.41, 5.74) is 0.608. The Bertz CT molecular complexity index is 501. The fourth-order valence-electron chi connectivity index (χ4n) is 3.12. The molecule has 0 spiro atoms. The summed E-state index contributed by atoms with van der Waals surface area (Å²) in [6.45, 7) is 5.25. The molecular weight excluding hydrogens is 276 g/mol. The van der Waals surface area contributed by atoms with Crippen LogP contribution in [0, 0.1) is 17.6 Å². The van der Waals surface area contributed by atoms with Crippen molar-refractivity contribution >= 4 is 5.97 Å². The van der Waals surface area contributed by atoms with Crippen LogP contribution in [0.5, 0.6) is 0 Å². The molecule has 3 nitrogen and oxygen atoms in total. The second-order valence-electron chi connectivity index (χ2n) is 5.93. The fraction of sp³-hybridized carbons (Fsp3) is 0.562. The maximum absolute atomic E-state index is 13.3. The van der Waals surface area contributed by atoms with Crippen LogP contribution in [0.25, 0.3) is 0 Å². The number of likely N-dealkylation sites (tertiary alicyclic amines) is 1. The maximum Gasteiger partial charge on any atom is 0.308 e. The van der Waals surface area contributed by atoms with E-state index >= 15 is 0 Å². The number of carboxylic acid groups (broad SMARTS) is 1. The van der Waals surface area contributed by atoms with Crippen molar-refractivity contribution in [3.8, 4) is 0 Å². The molecule has 1 aromatic carbocycles. The van der Waals surface area contributed by atoms with Gasteiger partial charge in [-0.3, -0.25) is 9.69 Å². The fourth-order valence-corrected chi connectivity index (χ4v) is 3.12. The highest BCUT2D eigenvalue weighted by atomic mass is 19.1. The average Bonchev–Trinajstić information content (AvgIpc) is 2.39. The second kappa shape index (κ2) is 6.52. The van der Waals surface area contributed by atoms with Gasteiger partial charge in [0.1, 0.15) is 11.6 Å². The molecule has 1 aromatic rings. The van der Waals surface area contributed by atoms with Gasteiger partial charge in [0, 0.05) is 18.7 Å². The zero-order valence-corrected chi connectivity index (χ0v) is 12.4. The zero-order valence-electron chi connectivity index (χ0n) is 12.4. The van der Waals surface area contributed by atoms with E-state index < -0.39 is 17.6 Å². The number of benzene rings is 1. The van der Waals surface area contributed by atoms with E-state index in [-0.39, 0.29) is 17.9 Å². The molecule has 0 radical (unpaired) electrons. The van der Waals surface area contributed by atoms with Gasteiger partial charge in [0.2, 0.25) is 0 Å². The number of rotatable bonds is 4. The van der Waals surface area contributed by atoms with Crippen LogP contribution in [0.4, 0.5) is 8.78 Å². The van der Waals surface area contributed by atoms with Crippen LogP contribution < -0.4 is 0 Å². The number of hydrogen-bond donors (Lipinski definition) is 1. The molecule has 0 aliphatic carbocycles. The SMILES string of the molecule is CC(CN1CCC[C@H](C(=O)O)[C@@H]1C)c1cc(F)cc(F)c1. The predicted octanol–water partition coefficient (Wildman–Crippen LogP) is 3.25. The van der Waals surface area contributed by atoms with Gasteiger partial charge in [0.25, 0.3) is 0 Å². The molecule has 1 fully saturated rings. The number of aliphatic carboxylic acids is 1. The third kappa shape index (κ3) is 3.79. The highest BCUT2D eigenvalue weighted by Gasteiger charge is 2.33. The summed E-state index contributed by atoms with van der Waals surface area (Å²) < 4.78 is 26.6. The minimum Gasteiger partial charge on any atom is -0.481 e. The second-order valence-corrected chi connectivity index (χ2v) is 5.93. The van der Waals surface area contributed by atoms with Crippen LogP contribution in [-0.2, 0) is 4.79 Å². The van der Waals surface area contributed by atoms with Crippen molar-refractivity contribution in [1.82, 2.24) is 4.90 Å². The molecule has 1 aliphatic rings. The van der Waals surface area contributed by atoms with Crippen LogP contribution in [-0.4, -0.2) is 35.1 Å². The minimum absolute atomic E-state index is 0.0507. The molecule has 5 heteroatoms. The first-order valence-electron chi connectivity index (χ1n) is 7.31. The normalized spacial score (nSPS) is 24.8. The Morgan fingerprint density at radius 3 is 2.57 bits per heavy atom. The first-order chi connectivity index (χ1) is 9.88. The van der Waals surface area contributed by atoms with Crippen LogP contribution >= 0.6 is 0 Å². The quantitative estimate of drug-likeness (QED) is 0.927. The summed E-state index contributed by atoms with van der Waals surface area (Å²) in [6.07, 6.45) is 1.53. The third-order valence-corrected chi connectivity index (χ3v) is 4.40. The van der Waals surface area contributed by atoms with Gasteiger partial charge in [-0.05, 0) is 49.9 Å². The van der Waals surface area contributed by atoms with E-state index in [0.717, 1.165) is 19.0 Å². The Labute approximate surface area is 123 Å². The van der Waals surface area contributed by atoms with Crippen molar-refractivity contribution < 1.29 is 18.7 Å². The van der Waals surface area contributed by atoms with Gasteiger partial charge in [-0.1, -0.05) is 6.92 Å². The van der Waals surface area contributed by atoms with Crippen molar-refractivity contribution in [2.75, 3.05) is 13.1 Å². The van der Waals surface area contributed by atoms with E-state index in [1.54, 1.807) is 0 Å². The minimum atomic E-state index is -0.767. The molecule has 0 saturated carbocycles. The number of piperidine rings is 1. The summed E-state index contributed by atoms with van der Waals surface area (Å²) in [5, 5.41) is 9.22. The summed E-state index contributed by atoms with van der Waals surface area (Å²) in [6, 6.07) is 3.49. The molecule has 1 heterocycles. The molecule has 21 heavy (non-hydrogen) atoms. The number of hydrogen-bond acceptors (Lipinski definition) is 2. The Morgan fingerprint density at radius 1 is 1.38 bits per heavy atom. The summed E-state index contributed by atoms with van der Waals surface area (Å²) >= 11 is 0. The van der Waals surface area contributed by atoms with E-state index in [0.29, 0.717) is 18.5 Å². The molecule has 0 amide bonds. The van der Waals surface area contributed by atoms with Gasteiger partial charge >= 0.3 is 5.97 Å². The summed E-state index contributed by atoms with van der Waals surface area (Å²) in [7, 11) is 0. The van der Waals surface area contributed by atoms with E-state index in [1.165, 1.54) is 12.1 Å². The van der Waals surface area contributed by atoms with Crippen LogP contribution in [0.2, 0.25) is 0 Å². The third-order valence-electron chi connectivity index (χ3n) is 4.40. The molecule has 3 atom stereocenters. The van der Waals surface area contributed by atoms with Crippen molar-refractivity contribution in [3.63, 3.8) is 0 Å². The zero-order chi connectivity index (χ0) is 15.6. The van der Waals surface area contributed by atoms with Crippen molar-refractivity contribution in [2.45, 2.75) is 38.6 Å². The molecule has 1 unspecified atom stereocenters. The lowest BCUT2D eigenvalue weighted by atomic mass is 9.89. The topological polar surface area (TPSA) is 40.5 Å². The van der Waals surface area contributed by atoms with Gasteiger partial charge in [0.05, 0.1) is 5.92 Å². The lowest BCUT2D eigenvalue weighted by Gasteiger charge is -2.38. The number of carbonyl (C=O) groups is 1. The molecule has 1 aliphatic heterocycles. The van der Waals surface area contributed by atoms with Gasteiger partial charge in [-0.2, -0.15) is 0 Å². The smallest absolute Gasteiger partial charge is 0.308 e. The Kier molecular flexibility index (Phi) is 4.93. The van der Waals surface area contributed by atoms with Crippen molar-refractivity contribution in [2.24, 2.45) is 5.92 Å². The largest absolute Gasteiger partial charge is 0.481 e. The lowest BCUT2D eigenvalue weighted by molar-refractivity contribution is -0.145. The van der Waals surface area contributed by atoms with Crippen molar-refractivity contribution in [3.05, 3.63) is 35.4 Å². The molecule has 2 rings (SSSR count). The van der Waals surface area contributed by atoms with Crippen LogP contribution in [0.1, 0.15) is 38.2 Å². The summed E-state index contributed by atoms with van der Waals surface area (Å²) in [5.74, 6) is -2.34. The van der Waals surface area contributed by atoms with Gasteiger partial charge in [-0.25, -0.2) is 8.78 Å². The standard InChI is InChI=1S/C16H21F2NO2/c1-10(12-6-13(17)8-14(18)7-12)9-19-5-3-4-15(11(19)2)16(20)21/h6-8,10-11,15H,3-5,9H2,1-2H3,(H,20,21)/t10?,11-,15-/m0/s1. The highest BCUT2D eigenvalue weighted by Crippen LogP contribution is 2.27. The maximum atomic E-state index is 13.3. The lowest BCUT2D eigenvalue weighted by Crippen LogP contribution is -2.47. The van der Waals surface area contributed by atoms with Crippen LogP contribution in [0.3, 0.4) is 0 Å². The monoisotopic (exact) mass is 297 g/mol. The molecule has 116 valence electrons. The van der Waals surface area contributed by atoms with E-state index in [9.17, 15) is 18.7 Å². The first-order valence-corrected chi connectivity index (χ1v) is 7.31. The Hall–Kier alpha value is -1.49. The van der Waals surface area contributed by atoms with Crippen molar-refractivity contribution in [1.29, 1.82) is 0 Å². The number of nitrogens with zero attached hydrogens (tertiary/aromatic N) is 1. The summed E-state index contributed by atoms with van der Waals surface area (Å²) in [4.78, 5) is 13.3. The molecule has 0 bridgehead atoms. The van der Waals surface area contributed by atoms with Gasteiger partial charge < -0.3 is 5.11 Å². The van der Waals surface area contributed by atoms with E-state index in [4.69, 9.17) is 0 Å². The molecule has 1 saturated heterocycles. The molecular formula is C16H21F2NO2. The predicted molar refractivity (Wildman–Crippen MR) is 76.2 cm³/mol. The number of halogens is 2. The first kappa shape index (κ1) is 15.9. The molecule has 1 N–H and O–H groups in total. The highest BCUT2D eigenvalue weighted by molar-refractivity contribution is 5.70. The van der Waals surface area contributed by atoms with Gasteiger partial charge in [0.15, 0.2) is 0 Å². The van der Waals surface area contributed by atoms with E-state index in [2.05, 4.69) is 4.90 Å². The number of carboxylic acids is 1. The van der Waals surface area contributed by atoms with E-state index in [1.807, 2.05) is 13.8 Å². The van der Waals surface area contributed by atoms with Crippen LogP contribution in [0.15, 0.2) is 18.2 Å². The average molecular weight is 297 g/mol. The Morgan fingerprint density at radius 2 is 2.00 bits per heavy atom. The van der Waals surface area contributed by atoms with Gasteiger partial charge in [-0.15, -0.1) is 0 Å².